The molecule has 152 valence electrons. The van der Waals surface area contributed by atoms with Crippen LogP contribution in [0.4, 0.5) is 0 Å². The average molecular weight is 412 g/mol. The van der Waals surface area contributed by atoms with Gasteiger partial charge in [-0.05, 0) is 43.2 Å². The lowest BCUT2D eigenvalue weighted by atomic mass is 10.1. The molecule has 0 amide bonds. The molecule has 0 saturated carbocycles. The van der Waals surface area contributed by atoms with Crippen LogP contribution in [0.3, 0.4) is 0 Å². The van der Waals surface area contributed by atoms with Gasteiger partial charge in [0.1, 0.15) is 18.1 Å². The van der Waals surface area contributed by atoms with E-state index >= 15 is 0 Å². The van der Waals surface area contributed by atoms with E-state index in [1.807, 2.05) is 68.0 Å². The number of para-hydroxylation sites is 1. The minimum Gasteiger partial charge on any atom is -0.487 e. The van der Waals surface area contributed by atoms with E-state index in [9.17, 15) is 8.42 Å². The van der Waals surface area contributed by atoms with Crippen molar-refractivity contribution in [1.29, 1.82) is 0 Å². The maximum Gasteiger partial charge on any atom is 0.243 e. The smallest absolute Gasteiger partial charge is 0.243 e. The molecule has 0 bridgehead atoms. The summed E-state index contributed by atoms with van der Waals surface area (Å²) in [7, 11) is -1.67. The maximum atomic E-state index is 13.3. The normalized spacial score (nSPS) is 14.6. The monoisotopic (exact) mass is 411 g/mol. The van der Waals surface area contributed by atoms with Crippen LogP contribution in [0.25, 0.3) is 0 Å². The first-order chi connectivity index (χ1) is 13.9. The van der Waals surface area contributed by atoms with E-state index in [1.54, 1.807) is 10.4 Å². The highest BCUT2D eigenvalue weighted by Gasteiger charge is 2.32. The molecule has 1 aliphatic rings. The van der Waals surface area contributed by atoms with Gasteiger partial charge in [0.05, 0.1) is 4.90 Å². The van der Waals surface area contributed by atoms with Crippen LogP contribution in [0, 0.1) is 13.8 Å². The summed E-state index contributed by atoms with van der Waals surface area (Å²) in [6, 6.07) is 15.1. The van der Waals surface area contributed by atoms with Crippen LogP contribution in [-0.4, -0.2) is 29.0 Å². The Morgan fingerprint density at radius 3 is 2.62 bits per heavy atom. The van der Waals surface area contributed by atoms with Gasteiger partial charge in [-0.1, -0.05) is 30.3 Å². The van der Waals surface area contributed by atoms with E-state index in [0.29, 0.717) is 31.0 Å². The number of fused-ring (bicyclic) bond motifs is 1. The standard InChI is InChI=1S/C22H25N3O3S/c1-16-9-10-17(2)22(13-16)29(26,27)25-12-11-21-19(14-25)20(23-24(21)3)15-28-18-7-5-4-6-8-18/h4-10,13H,11-12,14-15H2,1-3H3. The second-order valence-electron chi connectivity index (χ2n) is 7.45. The quantitative estimate of drug-likeness (QED) is 0.646. The van der Waals surface area contributed by atoms with Crippen LogP contribution < -0.4 is 4.74 Å². The van der Waals surface area contributed by atoms with Gasteiger partial charge < -0.3 is 4.74 Å². The average Bonchev–Trinajstić information content (AvgIpc) is 3.04. The summed E-state index contributed by atoms with van der Waals surface area (Å²) in [6.07, 6.45) is 0.633. The largest absolute Gasteiger partial charge is 0.487 e. The summed E-state index contributed by atoms with van der Waals surface area (Å²) in [5.41, 5.74) is 4.50. The summed E-state index contributed by atoms with van der Waals surface area (Å²) in [5, 5.41) is 4.60. The Labute approximate surface area is 171 Å². The Kier molecular flexibility index (Phi) is 5.19. The molecule has 1 aromatic heterocycles. The number of aromatic nitrogens is 2. The van der Waals surface area contributed by atoms with Crippen molar-refractivity contribution in [2.45, 2.75) is 38.3 Å². The van der Waals surface area contributed by atoms with Crippen molar-refractivity contribution < 1.29 is 13.2 Å². The first-order valence-electron chi connectivity index (χ1n) is 9.65. The van der Waals surface area contributed by atoms with E-state index < -0.39 is 10.0 Å². The molecule has 2 aromatic carbocycles. The minimum atomic E-state index is -3.58. The van der Waals surface area contributed by atoms with E-state index in [2.05, 4.69) is 5.10 Å². The fourth-order valence-corrected chi connectivity index (χ4v) is 5.48. The Morgan fingerprint density at radius 1 is 1.10 bits per heavy atom. The highest BCUT2D eigenvalue weighted by atomic mass is 32.2. The van der Waals surface area contributed by atoms with Gasteiger partial charge in [0.25, 0.3) is 0 Å². The van der Waals surface area contributed by atoms with Crippen LogP contribution in [-0.2, 0) is 36.6 Å². The van der Waals surface area contributed by atoms with Gasteiger partial charge in [-0.2, -0.15) is 9.40 Å². The molecule has 0 spiro atoms. The van der Waals surface area contributed by atoms with Crippen molar-refractivity contribution in [3.05, 3.63) is 76.6 Å². The van der Waals surface area contributed by atoms with Gasteiger partial charge in [-0.15, -0.1) is 0 Å². The molecular weight excluding hydrogens is 386 g/mol. The summed E-state index contributed by atoms with van der Waals surface area (Å²) in [4.78, 5) is 0.381. The Balaban J connectivity index is 1.61. The molecular formula is C22H25N3O3S. The van der Waals surface area contributed by atoms with Gasteiger partial charge >= 0.3 is 0 Å². The van der Waals surface area contributed by atoms with Gasteiger partial charge in [-0.25, -0.2) is 8.42 Å². The van der Waals surface area contributed by atoms with Gasteiger partial charge in [0, 0.05) is 37.8 Å². The third-order valence-electron chi connectivity index (χ3n) is 5.37. The summed E-state index contributed by atoms with van der Waals surface area (Å²) >= 11 is 0. The lowest BCUT2D eigenvalue weighted by Gasteiger charge is -2.27. The molecule has 7 heteroatoms. The molecule has 3 aromatic rings. The minimum absolute atomic E-state index is 0.310. The molecule has 29 heavy (non-hydrogen) atoms. The van der Waals surface area contributed by atoms with Crippen molar-refractivity contribution >= 4 is 10.0 Å². The van der Waals surface area contributed by atoms with E-state index in [1.165, 1.54) is 0 Å². The lowest BCUT2D eigenvalue weighted by Crippen LogP contribution is -2.36. The zero-order chi connectivity index (χ0) is 20.6. The summed E-state index contributed by atoms with van der Waals surface area (Å²) in [5.74, 6) is 0.766. The molecule has 0 aliphatic carbocycles. The lowest BCUT2D eigenvalue weighted by molar-refractivity contribution is 0.296. The SMILES string of the molecule is Cc1ccc(C)c(S(=O)(=O)N2CCc3c(c(COc4ccccc4)nn3C)C2)c1. The second-order valence-corrected chi connectivity index (χ2v) is 9.36. The first-order valence-corrected chi connectivity index (χ1v) is 11.1. The van der Waals surface area contributed by atoms with Crippen molar-refractivity contribution in [3.63, 3.8) is 0 Å². The molecule has 1 aliphatic heterocycles. The third-order valence-corrected chi connectivity index (χ3v) is 7.36. The highest BCUT2D eigenvalue weighted by Crippen LogP contribution is 2.29. The molecule has 2 heterocycles. The fourth-order valence-electron chi connectivity index (χ4n) is 3.76. The molecule has 0 atom stereocenters. The van der Waals surface area contributed by atoms with Gasteiger partial charge in [0.15, 0.2) is 0 Å². The van der Waals surface area contributed by atoms with Gasteiger partial charge in [0.2, 0.25) is 10.0 Å². The first kappa shape index (κ1) is 19.7. The van der Waals surface area contributed by atoms with E-state index in [0.717, 1.165) is 33.8 Å². The van der Waals surface area contributed by atoms with Crippen LogP contribution >= 0.6 is 0 Å². The van der Waals surface area contributed by atoms with E-state index in [-0.39, 0.29) is 0 Å². The zero-order valence-electron chi connectivity index (χ0n) is 16.9. The number of ether oxygens (including phenoxy) is 1. The Bertz CT molecular complexity index is 1140. The predicted octanol–water partition coefficient (Wildman–Crippen LogP) is 3.36. The summed E-state index contributed by atoms with van der Waals surface area (Å²) in [6.45, 7) is 4.82. The van der Waals surface area contributed by atoms with Gasteiger partial charge in [-0.3, -0.25) is 4.68 Å². The van der Waals surface area contributed by atoms with Crippen LogP contribution in [0.1, 0.15) is 28.1 Å². The Hall–Kier alpha value is -2.64. The van der Waals surface area contributed by atoms with E-state index in [4.69, 9.17) is 4.74 Å². The number of sulfonamides is 1. The van der Waals surface area contributed by atoms with Crippen LogP contribution in [0.2, 0.25) is 0 Å². The molecule has 6 nitrogen and oxygen atoms in total. The second kappa shape index (κ2) is 7.65. The Morgan fingerprint density at radius 2 is 1.86 bits per heavy atom. The number of rotatable bonds is 5. The number of aryl methyl sites for hydroxylation is 3. The van der Waals surface area contributed by atoms with Crippen molar-refractivity contribution in [1.82, 2.24) is 14.1 Å². The van der Waals surface area contributed by atoms with Crippen LogP contribution in [0.15, 0.2) is 53.4 Å². The number of hydrogen-bond donors (Lipinski definition) is 0. The zero-order valence-corrected chi connectivity index (χ0v) is 17.7. The number of benzene rings is 2. The fraction of sp³-hybridized carbons (Fsp3) is 0.318. The predicted molar refractivity (Wildman–Crippen MR) is 111 cm³/mol. The molecule has 4 rings (SSSR count). The molecule has 0 saturated heterocycles. The highest BCUT2D eigenvalue weighted by molar-refractivity contribution is 7.89. The van der Waals surface area contributed by atoms with Crippen molar-refractivity contribution in [2.24, 2.45) is 7.05 Å². The molecule has 0 fully saturated rings. The molecule has 0 N–H and O–H groups in total. The van der Waals surface area contributed by atoms with Crippen molar-refractivity contribution in [2.75, 3.05) is 6.54 Å². The van der Waals surface area contributed by atoms with Crippen molar-refractivity contribution in [3.8, 4) is 5.75 Å². The molecule has 0 radical (unpaired) electrons. The number of hydrogen-bond acceptors (Lipinski definition) is 4. The maximum absolute atomic E-state index is 13.3. The topological polar surface area (TPSA) is 64.4 Å². The number of nitrogens with zero attached hydrogens (tertiary/aromatic N) is 3. The summed E-state index contributed by atoms with van der Waals surface area (Å²) < 4.78 is 35.9. The molecule has 0 unspecified atom stereocenters. The van der Waals surface area contributed by atoms with Crippen LogP contribution in [0.5, 0.6) is 5.75 Å². The third kappa shape index (κ3) is 3.80.